The molecule has 4 aromatic rings. The van der Waals surface area contributed by atoms with Gasteiger partial charge >= 0.3 is 0 Å². The highest BCUT2D eigenvalue weighted by Crippen LogP contribution is 2.55. The lowest BCUT2D eigenvalue weighted by molar-refractivity contribution is -0.131. The van der Waals surface area contributed by atoms with Gasteiger partial charge in [0.25, 0.3) is 0 Å². The summed E-state index contributed by atoms with van der Waals surface area (Å²) in [6.07, 6.45) is 7.80. The maximum atomic E-state index is 15.3. The molecule has 2 aliphatic rings. The Morgan fingerprint density at radius 2 is 1.84 bits per heavy atom. The highest BCUT2D eigenvalue weighted by Gasteiger charge is 2.56. The maximum absolute atomic E-state index is 15.3. The topological polar surface area (TPSA) is 74.8 Å². The van der Waals surface area contributed by atoms with E-state index in [1.807, 2.05) is 6.07 Å². The fraction of sp³-hybridized carbons (Fsp3) is 0.217. The molecule has 2 atom stereocenters. The van der Waals surface area contributed by atoms with E-state index < -0.39 is 23.6 Å². The molecule has 1 aliphatic heterocycles. The minimum absolute atomic E-state index is 0.0775. The zero-order valence-corrected chi connectivity index (χ0v) is 16.3. The van der Waals surface area contributed by atoms with E-state index in [4.69, 9.17) is 0 Å². The van der Waals surface area contributed by atoms with Gasteiger partial charge in [0.2, 0.25) is 5.91 Å². The SMILES string of the molecule is O=C1[C@@H](C2CC2)[C@@H](c2c(F)cc(-c3cnccn3)cc2F)N1c1ccc2[nH]cnc2c1. The van der Waals surface area contributed by atoms with Crippen LogP contribution in [0.15, 0.2) is 55.2 Å². The second kappa shape index (κ2) is 6.66. The van der Waals surface area contributed by atoms with Crippen LogP contribution >= 0.6 is 0 Å². The van der Waals surface area contributed by atoms with Crippen molar-refractivity contribution in [2.75, 3.05) is 4.90 Å². The van der Waals surface area contributed by atoms with Gasteiger partial charge in [-0.15, -0.1) is 0 Å². The summed E-state index contributed by atoms with van der Waals surface area (Å²) >= 11 is 0. The van der Waals surface area contributed by atoms with Crippen molar-refractivity contribution in [1.29, 1.82) is 0 Å². The van der Waals surface area contributed by atoms with Gasteiger partial charge in [0.15, 0.2) is 0 Å². The van der Waals surface area contributed by atoms with Crippen LogP contribution in [0, 0.1) is 23.5 Å². The molecule has 1 amide bonds. The van der Waals surface area contributed by atoms with Gasteiger partial charge in [-0.1, -0.05) is 0 Å². The summed E-state index contributed by atoms with van der Waals surface area (Å²) in [6, 6.07) is 7.21. The smallest absolute Gasteiger partial charge is 0.233 e. The average Bonchev–Trinajstić information content (AvgIpc) is 3.48. The highest BCUT2D eigenvalue weighted by molar-refractivity contribution is 6.04. The van der Waals surface area contributed by atoms with Crippen LogP contribution in [0.3, 0.4) is 0 Å². The molecule has 0 radical (unpaired) electrons. The number of nitrogens with zero attached hydrogens (tertiary/aromatic N) is 4. The number of fused-ring (bicyclic) bond motifs is 1. The molecule has 2 aromatic carbocycles. The Kier molecular flexibility index (Phi) is 3.89. The first-order chi connectivity index (χ1) is 15.1. The van der Waals surface area contributed by atoms with Crippen LogP contribution in [-0.4, -0.2) is 25.8 Å². The second-order valence-corrected chi connectivity index (χ2v) is 8.06. The monoisotopic (exact) mass is 417 g/mol. The van der Waals surface area contributed by atoms with Gasteiger partial charge in [-0.05, 0) is 49.1 Å². The summed E-state index contributed by atoms with van der Waals surface area (Å²) in [5.74, 6) is -1.72. The zero-order chi connectivity index (χ0) is 21.1. The van der Waals surface area contributed by atoms with Crippen molar-refractivity contribution in [2.24, 2.45) is 11.8 Å². The number of hydrogen-bond donors (Lipinski definition) is 1. The fourth-order valence-corrected chi connectivity index (χ4v) is 4.56. The van der Waals surface area contributed by atoms with E-state index in [0.717, 1.165) is 18.4 Å². The first-order valence-corrected chi connectivity index (χ1v) is 10.1. The number of aromatic amines is 1. The van der Waals surface area contributed by atoms with Crippen molar-refractivity contribution in [1.82, 2.24) is 19.9 Å². The normalized spacial score (nSPS) is 20.8. The summed E-state index contributed by atoms with van der Waals surface area (Å²) in [5, 5.41) is 0. The number of carbonyl (C=O) groups excluding carboxylic acids is 1. The van der Waals surface area contributed by atoms with Crippen LogP contribution in [0.4, 0.5) is 14.5 Å². The number of H-pyrrole nitrogens is 1. The quantitative estimate of drug-likeness (QED) is 0.499. The van der Waals surface area contributed by atoms with Gasteiger partial charge < -0.3 is 9.88 Å². The van der Waals surface area contributed by atoms with E-state index in [1.54, 1.807) is 18.5 Å². The largest absolute Gasteiger partial charge is 0.345 e. The molecule has 2 aromatic heterocycles. The number of nitrogens with one attached hydrogen (secondary N) is 1. The molecule has 31 heavy (non-hydrogen) atoms. The molecule has 1 N–H and O–H groups in total. The number of aromatic nitrogens is 4. The molecule has 0 bridgehead atoms. The number of halogens is 2. The molecule has 0 unspecified atom stereocenters. The molecule has 1 saturated carbocycles. The van der Waals surface area contributed by atoms with Crippen molar-refractivity contribution < 1.29 is 13.6 Å². The number of imidazole rings is 1. The Balaban J connectivity index is 1.45. The van der Waals surface area contributed by atoms with E-state index in [0.29, 0.717) is 22.5 Å². The van der Waals surface area contributed by atoms with Crippen LogP contribution in [0.5, 0.6) is 0 Å². The van der Waals surface area contributed by atoms with Crippen LogP contribution in [-0.2, 0) is 4.79 Å². The third-order valence-electron chi connectivity index (χ3n) is 6.19. The fourth-order valence-electron chi connectivity index (χ4n) is 4.56. The molecule has 6 rings (SSSR count). The highest BCUT2D eigenvalue weighted by atomic mass is 19.1. The van der Waals surface area contributed by atoms with E-state index in [1.165, 1.54) is 35.6 Å². The predicted octanol–water partition coefficient (Wildman–Crippen LogP) is 4.41. The number of carbonyl (C=O) groups is 1. The number of amides is 1. The van der Waals surface area contributed by atoms with Crippen LogP contribution in [0.1, 0.15) is 24.4 Å². The number of β-lactam (4-membered cyclic amide) rings is 1. The summed E-state index contributed by atoms with van der Waals surface area (Å²) in [4.78, 5) is 29.9. The van der Waals surface area contributed by atoms with Crippen LogP contribution in [0.2, 0.25) is 0 Å². The maximum Gasteiger partial charge on any atom is 0.233 e. The van der Waals surface area contributed by atoms with Gasteiger partial charge in [0.05, 0.1) is 41.2 Å². The Hall–Kier alpha value is -3.68. The summed E-state index contributed by atoms with van der Waals surface area (Å²) in [6.45, 7) is 0. The summed E-state index contributed by atoms with van der Waals surface area (Å²) in [7, 11) is 0. The van der Waals surface area contributed by atoms with Crippen molar-refractivity contribution in [3.05, 3.63) is 72.4 Å². The lowest BCUT2D eigenvalue weighted by Gasteiger charge is -2.48. The Labute approximate surface area is 176 Å². The first-order valence-electron chi connectivity index (χ1n) is 10.1. The number of benzene rings is 2. The zero-order valence-electron chi connectivity index (χ0n) is 16.3. The Morgan fingerprint density at radius 1 is 1.03 bits per heavy atom. The third kappa shape index (κ3) is 2.82. The molecule has 8 heteroatoms. The van der Waals surface area contributed by atoms with E-state index in [2.05, 4.69) is 19.9 Å². The van der Waals surface area contributed by atoms with Gasteiger partial charge in [0.1, 0.15) is 11.6 Å². The van der Waals surface area contributed by atoms with Crippen molar-refractivity contribution >= 4 is 22.6 Å². The third-order valence-corrected chi connectivity index (χ3v) is 6.19. The molecule has 154 valence electrons. The minimum atomic E-state index is -0.688. The molecule has 0 spiro atoms. The Morgan fingerprint density at radius 3 is 2.55 bits per heavy atom. The molecular weight excluding hydrogens is 400 g/mol. The van der Waals surface area contributed by atoms with E-state index >= 15 is 8.78 Å². The molecule has 3 heterocycles. The van der Waals surface area contributed by atoms with Gasteiger partial charge in [-0.2, -0.15) is 0 Å². The summed E-state index contributed by atoms with van der Waals surface area (Å²) < 4.78 is 30.6. The van der Waals surface area contributed by atoms with Crippen molar-refractivity contribution in [3.8, 4) is 11.3 Å². The number of anilines is 1. The number of hydrogen-bond acceptors (Lipinski definition) is 4. The first kappa shape index (κ1) is 18.1. The summed E-state index contributed by atoms with van der Waals surface area (Å²) in [5.41, 5.74) is 2.73. The molecule has 1 aliphatic carbocycles. The van der Waals surface area contributed by atoms with Gasteiger partial charge in [0, 0.05) is 29.2 Å². The lowest BCUT2D eigenvalue weighted by Crippen LogP contribution is -2.56. The van der Waals surface area contributed by atoms with E-state index in [-0.39, 0.29) is 17.4 Å². The number of rotatable bonds is 4. The Bertz CT molecular complexity index is 1300. The van der Waals surface area contributed by atoms with Crippen molar-refractivity contribution in [2.45, 2.75) is 18.9 Å². The van der Waals surface area contributed by atoms with E-state index in [9.17, 15) is 4.79 Å². The molecule has 2 fully saturated rings. The van der Waals surface area contributed by atoms with Crippen molar-refractivity contribution in [3.63, 3.8) is 0 Å². The van der Waals surface area contributed by atoms with Gasteiger partial charge in [-0.3, -0.25) is 14.8 Å². The molecule has 6 nitrogen and oxygen atoms in total. The predicted molar refractivity (Wildman–Crippen MR) is 110 cm³/mol. The van der Waals surface area contributed by atoms with Crippen LogP contribution in [0.25, 0.3) is 22.3 Å². The minimum Gasteiger partial charge on any atom is -0.345 e. The molecule has 1 saturated heterocycles. The standard InChI is InChI=1S/C23H17F2N5O/c24-15-7-13(19-10-26-5-6-27-19)8-16(25)21(15)22-20(12-1-2-12)23(31)30(22)14-3-4-17-18(9-14)29-11-28-17/h3-12,20,22H,1-2H2,(H,28,29)/t20-,22-/m0/s1. The second-order valence-electron chi connectivity index (χ2n) is 8.06. The lowest BCUT2D eigenvalue weighted by atomic mass is 9.78. The molecular formula is C23H17F2N5O. The van der Waals surface area contributed by atoms with Crippen LogP contribution < -0.4 is 4.90 Å². The average molecular weight is 417 g/mol. The van der Waals surface area contributed by atoms with Gasteiger partial charge in [-0.25, -0.2) is 13.8 Å².